The van der Waals surface area contributed by atoms with Crippen LogP contribution in [-0.4, -0.2) is 48.9 Å². The number of rotatable bonds is 6. The van der Waals surface area contributed by atoms with E-state index in [1.54, 1.807) is 24.0 Å². The van der Waals surface area contributed by atoms with Crippen molar-refractivity contribution in [1.29, 1.82) is 0 Å². The molecule has 26 heavy (non-hydrogen) atoms. The van der Waals surface area contributed by atoms with Crippen molar-refractivity contribution in [2.24, 2.45) is 5.41 Å². The number of carbonyl (C=O) groups excluding carboxylic acids is 3. The standard InChI is InChI=1S/C19H25FN2O4/c1-3-26-18(25)19(11-15-5-7-16(20)8-6-15)9-4-10-22(13-19)17(24)12-21-14(2)23/h5-8H,3-4,9-13H2,1-2H3,(H,21,23). The molecular weight excluding hydrogens is 339 g/mol. The van der Waals surface area contributed by atoms with Gasteiger partial charge in [-0.2, -0.15) is 0 Å². The first kappa shape index (κ1) is 19.9. The molecule has 1 heterocycles. The highest BCUT2D eigenvalue weighted by Gasteiger charge is 2.44. The zero-order valence-corrected chi connectivity index (χ0v) is 15.2. The van der Waals surface area contributed by atoms with Gasteiger partial charge in [-0.15, -0.1) is 0 Å². The Morgan fingerprint density at radius 3 is 2.58 bits per heavy atom. The summed E-state index contributed by atoms with van der Waals surface area (Å²) in [6.45, 7) is 4.01. The molecule has 0 radical (unpaired) electrons. The van der Waals surface area contributed by atoms with Crippen LogP contribution in [-0.2, 0) is 25.5 Å². The fourth-order valence-electron chi connectivity index (χ4n) is 3.32. The van der Waals surface area contributed by atoms with E-state index in [0.717, 1.165) is 5.56 Å². The van der Waals surface area contributed by atoms with Gasteiger partial charge in [-0.05, 0) is 43.9 Å². The molecule has 1 N–H and O–H groups in total. The first-order valence-electron chi connectivity index (χ1n) is 8.80. The van der Waals surface area contributed by atoms with Crippen LogP contribution in [0.25, 0.3) is 0 Å². The Balaban J connectivity index is 2.19. The van der Waals surface area contributed by atoms with Crippen molar-refractivity contribution in [2.75, 3.05) is 26.2 Å². The molecule has 1 aliphatic heterocycles. The summed E-state index contributed by atoms with van der Waals surface area (Å²) in [7, 11) is 0. The van der Waals surface area contributed by atoms with E-state index in [1.807, 2.05) is 0 Å². The molecule has 7 heteroatoms. The normalized spacial score (nSPS) is 19.7. The van der Waals surface area contributed by atoms with Gasteiger partial charge in [0.2, 0.25) is 11.8 Å². The highest BCUT2D eigenvalue weighted by Crippen LogP contribution is 2.35. The molecule has 2 amide bonds. The summed E-state index contributed by atoms with van der Waals surface area (Å²) in [6.07, 6.45) is 1.62. The summed E-state index contributed by atoms with van der Waals surface area (Å²) in [6, 6.07) is 6.01. The number of benzene rings is 1. The van der Waals surface area contributed by atoms with Crippen LogP contribution in [0, 0.1) is 11.2 Å². The molecule has 0 aliphatic carbocycles. The van der Waals surface area contributed by atoms with E-state index in [1.165, 1.54) is 19.1 Å². The average Bonchev–Trinajstić information content (AvgIpc) is 2.62. The molecule has 142 valence electrons. The van der Waals surface area contributed by atoms with Gasteiger partial charge < -0.3 is 15.0 Å². The van der Waals surface area contributed by atoms with Crippen molar-refractivity contribution in [3.8, 4) is 0 Å². The van der Waals surface area contributed by atoms with Crippen LogP contribution in [0.5, 0.6) is 0 Å². The van der Waals surface area contributed by atoms with Crippen LogP contribution in [0.15, 0.2) is 24.3 Å². The maximum absolute atomic E-state index is 13.2. The predicted molar refractivity (Wildman–Crippen MR) is 93.7 cm³/mol. The van der Waals surface area contributed by atoms with Crippen LogP contribution < -0.4 is 5.32 Å². The van der Waals surface area contributed by atoms with E-state index in [4.69, 9.17) is 4.74 Å². The van der Waals surface area contributed by atoms with Crippen LogP contribution in [0.4, 0.5) is 4.39 Å². The lowest BCUT2D eigenvalue weighted by Crippen LogP contribution is -2.53. The van der Waals surface area contributed by atoms with Gasteiger partial charge in [0.1, 0.15) is 5.82 Å². The Morgan fingerprint density at radius 1 is 1.27 bits per heavy atom. The van der Waals surface area contributed by atoms with E-state index in [0.29, 0.717) is 25.8 Å². The quantitative estimate of drug-likeness (QED) is 0.779. The minimum Gasteiger partial charge on any atom is -0.466 e. The third-order valence-corrected chi connectivity index (χ3v) is 4.58. The molecule has 0 aromatic heterocycles. The van der Waals surface area contributed by atoms with Gasteiger partial charge in [0.25, 0.3) is 0 Å². The molecule has 1 saturated heterocycles. The Labute approximate surface area is 152 Å². The first-order valence-corrected chi connectivity index (χ1v) is 8.80. The lowest BCUT2D eigenvalue weighted by Gasteiger charge is -2.41. The Morgan fingerprint density at radius 2 is 1.96 bits per heavy atom. The number of halogens is 1. The summed E-state index contributed by atoms with van der Waals surface area (Å²) in [5.74, 6) is -1.19. The number of piperidine rings is 1. The maximum Gasteiger partial charge on any atom is 0.314 e. The lowest BCUT2D eigenvalue weighted by atomic mass is 9.75. The number of ether oxygens (including phenoxy) is 1. The number of esters is 1. The Bertz CT molecular complexity index is 662. The zero-order chi connectivity index (χ0) is 19.2. The second-order valence-electron chi connectivity index (χ2n) is 6.63. The second kappa shape index (κ2) is 8.78. The molecule has 1 aromatic carbocycles. The molecule has 1 aromatic rings. The van der Waals surface area contributed by atoms with Crippen LogP contribution >= 0.6 is 0 Å². The number of hydrogen-bond donors (Lipinski definition) is 1. The number of carbonyl (C=O) groups is 3. The van der Waals surface area contributed by atoms with E-state index in [2.05, 4.69) is 5.32 Å². The smallest absolute Gasteiger partial charge is 0.314 e. The van der Waals surface area contributed by atoms with Crippen molar-refractivity contribution in [3.05, 3.63) is 35.6 Å². The topological polar surface area (TPSA) is 75.7 Å². The Kier molecular flexibility index (Phi) is 6.71. The lowest BCUT2D eigenvalue weighted by molar-refractivity contribution is -0.160. The van der Waals surface area contributed by atoms with E-state index < -0.39 is 5.41 Å². The third kappa shape index (κ3) is 5.03. The van der Waals surface area contributed by atoms with Gasteiger partial charge in [0.05, 0.1) is 18.6 Å². The van der Waals surface area contributed by atoms with Crippen molar-refractivity contribution in [1.82, 2.24) is 10.2 Å². The van der Waals surface area contributed by atoms with Crippen molar-refractivity contribution in [2.45, 2.75) is 33.1 Å². The molecule has 1 aliphatic rings. The van der Waals surface area contributed by atoms with Crippen LogP contribution in [0.1, 0.15) is 32.3 Å². The number of nitrogens with zero attached hydrogens (tertiary/aromatic N) is 1. The maximum atomic E-state index is 13.2. The summed E-state index contributed by atoms with van der Waals surface area (Å²) in [5.41, 5.74) is -0.0477. The predicted octanol–water partition coefficient (Wildman–Crippen LogP) is 1.68. The number of hydrogen-bond acceptors (Lipinski definition) is 4. The molecular formula is C19H25FN2O4. The van der Waals surface area contributed by atoms with Gasteiger partial charge in [0, 0.05) is 20.0 Å². The number of likely N-dealkylation sites (tertiary alicyclic amines) is 1. The Hall–Kier alpha value is -2.44. The second-order valence-corrected chi connectivity index (χ2v) is 6.63. The fraction of sp³-hybridized carbons (Fsp3) is 0.526. The summed E-state index contributed by atoms with van der Waals surface area (Å²) in [5, 5.41) is 2.49. The molecule has 0 saturated carbocycles. The monoisotopic (exact) mass is 364 g/mol. The van der Waals surface area contributed by atoms with Crippen LogP contribution in [0.2, 0.25) is 0 Å². The van der Waals surface area contributed by atoms with Gasteiger partial charge in [-0.25, -0.2) is 4.39 Å². The first-order chi connectivity index (χ1) is 12.4. The highest BCUT2D eigenvalue weighted by atomic mass is 19.1. The van der Waals surface area contributed by atoms with Crippen molar-refractivity contribution >= 4 is 17.8 Å². The zero-order valence-electron chi connectivity index (χ0n) is 15.2. The number of nitrogens with one attached hydrogen (secondary N) is 1. The molecule has 1 atom stereocenters. The van der Waals surface area contributed by atoms with Gasteiger partial charge in [-0.1, -0.05) is 12.1 Å². The summed E-state index contributed by atoms with van der Waals surface area (Å²) < 4.78 is 18.5. The fourth-order valence-corrected chi connectivity index (χ4v) is 3.32. The summed E-state index contributed by atoms with van der Waals surface area (Å²) >= 11 is 0. The van der Waals surface area contributed by atoms with Gasteiger partial charge >= 0.3 is 5.97 Å². The van der Waals surface area contributed by atoms with E-state index >= 15 is 0 Å². The SMILES string of the molecule is CCOC(=O)C1(Cc2ccc(F)cc2)CCCN(C(=O)CNC(C)=O)C1. The van der Waals surface area contributed by atoms with E-state index in [-0.39, 0.29) is 43.3 Å². The largest absolute Gasteiger partial charge is 0.466 e. The van der Waals surface area contributed by atoms with Gasteiger partial charge in [0.15, 0.2) is 0 Å². The minimum atomic E-state index is -0.863. The number of amides is 2. The molecule has 2 rings (SSSR count). The van der Waals surface area contributed by atoms with Crippen molar-refractivity contribution in [3.63, 3.8) is 0 Å². The highest BCUT2D eigenvalue weighted by molar-refractivity contribution is 5.85. The molecule has 0 spiro atoms. The molecule has 6 nitrogen and oxygen atoms in total. The third-order valence-electron chi connectivity index (χ3n) is 4.58. The van der Waals surface area contributed by atoms with Crippen LogP contribution in [0.3, 0.4) is 0 Å². The van der Waals surface area contributed by atoms with E-state index in [9.17, 15) is 18.8 Å². The minimum absolute atomic E-state index is 0.0925. The molecule has 1 unspecified atom stereocenters. The molecule has 0 bridgehead atoms. The molecule has 1 fully saturated rings. The summed E-state index contributed by atoms with van der Waals surface area (Å²) in [4.78, 5) is 37.7. The average molecular weight is 364 g/mol. The van der Waals surface area contributed by atoms with Crippen molar-refractivity contribution < 1.29 is 23.5 Å². The van der Waals surface area contributed by atoms with Gasteiger partial charge in [-0.3, -0.25) is 14.4 Å².